The molecule has 5 rings (SSSR count). The highest BCUT2D eigenvalue weighted by Gasteiger charge is 2.15. The molecule has 0 radical (unpaired) electrons. The van der Waals surface area contributed by atoms with E-state index >= 15 is 0 Å². The minimum absolute atomic E-state index is 0.104. The molecule has 3 aromatic carbocycles. The lowest BCUT2D eigenvalue weighted by atomic mass is 10.2. The number of Topliss-reactive ketones (excluding diaryl/α,β-unsaturated/α-hetero) is 1. The lowest BCUT2D eigenvalue weighted by molar-refractivity contribution is 0.0679. The summed E-state index contributed by atoms with van der Waals surface area (Å²) in [5, 5.41) is 28.6. The van der Waals surface area contributed by atoms with Gasteiger partial charge in [-0.15, -0.1) is 26.8 Å². The lowest BCUT2D eigenvalue weighted by Gasteiger charge is -2.14. The lowest BCUT2D eigenvalue weighted by Crippen LogP contribution is -2.22. The van der Waals surface area contributed by atoms with Crippen molar-refractivity contribution in [3.05, 3.63) is 127 Å². The zero-order valence-corrected chi connectivity index (χ0v) is 31.4. The standard InChI is InChI=1S/C18H22ClN3O2Si.C11H6ClN3O2.C8H5Cl/c1-14(23)18-17(10-7-15-5-8-16(19)9-6-15)20-22(21-18)13-24-11-12-25(2,3)4;12-8-4-1-7(2-5-8)3-6-9-10(11(16)17)14-15-13-9;1-2-7-3-5-8(9)6-4-7/h5-6,8-9H,11-13H2,1-4H3;1-2,4-5H,(H,16,17)(H,13,14,15);1,3-6H. The van der Waals surface area contributed by atoms with Crippen LogP contribution < -0.4 is 0 Å². The number of aromatic carboxylic acids is 1. The van der Waals surface area contributed by atoms with E-state index in [-0.39, 0.29) is 29.6 Å². The molecular weight excluding hydrogens is 727 g/mol. The van der Waals surface area contributed by atoms with Crippen molar-refractivity contribution < 1.29 is 19.4 Å². The van der Waals surface area contributed by atoms with E-state index in [1.807, 2.05) is 24.3 Å². The number of halogens is 3. The third-order valence-electron chi connectivity index (χ3n) is 6.29. The van der Waals surface area contributed by atoms with E-state index in [0.29, 0.717) is 32.9 Å². The summed E-state index contributed by atoms with van der Waals surface area (Å²) in [6.45, 7) is 9.21. The number of nitrogens with one attached hydrogen (secondary N) is 1. The summed E-state index contributed by atoms with van der Waals surface area (Å²) in [6, 6.07) is 22.3. The zero-order valence-electron chi connectivity index (χ0n) is 28.2. The number of rotatable bonds is 7. The number of aromatic amines is 1. The number of terminal acetylenes is 1. The number of ketones is 1. The molecule has 0 saturated carbocycles. The molecule has 0 spiro atoms. The van der Waals surface area contributed by atoms with Crippen molar-refractivity contribution in [2.75, 3.05) is 6.61 Å². The third-order valence-corrected chi connectivity index (χ3v) is 8.75. The second-order valence-corrected chi connectivity index (χ2v) is 18.6. The number of benzene rings is 3. The Morgan fingerprint density at radius 2 is 1.25 bits per heavy atom. The number of hydrogen-bond donors (Lipinski definition) is 2. The van der Waals surface area contributed by atoms with Crippen LogP contribution in [0.1, 0.15) is 56.0 Å². The summed E-state index contributed by atoms with van der Waals surface area (Å²) < 4.78 is 5.62. The van der Waals surface area contributed by atoms with Crippen LogP contribution in [0.2, 0.25) is 40.8 Å². The molecule has 0 bridgehead atoms. The van der Waals surface area contributed by atoms with E-state index in [9.17, 15) is 9.59 Å². The zero-order chi connectivity index (χ0) is 37.4. The fourth-order valence-corrected chi connectivity index (χ4v) is 4.73. The Labute approximate surface area is 312 Å². The molecule has 2 aromatic heterocycles. The summed E-state index contributed by atoms with van der Waals surface area (Å²) in [6.07, 6.45) is 5.11. The first kappa shape index (κ1) is 40.2. The number of nitrogens with zero attached hydrogens (tertiary/aromatic N) is 5. The molecule has 5 aromatic rings. The maximum atomic E-state index is 11.8. The molecule has 0 fully saturated rings. The Kier molecular flexibility index (Phi) is 15.7. The molecule has 260 valence electrons. The van der Waals surface area contributed by atoms with Gasteiger partial charge < -0.3 is 9.84 Å². The fraction of sp³-hybridized carbons (Fsp3) is 0.189. The molecule has 0 amide bonds. The van der Waals surface area contributed by atoms with Crippen LogP contribution in [-0.2, 0) is 11.5 Å². The van der Waals surface area contributed by atoms with Gasteiger partial charge in [-0.05, 0) is 90.7 Å². The van der Waals surface area contributed by atoms with Crippen LogP contribution in [0, 0.1) is 36.0 Å². The second-order valence-electron chi connectivity index (χ2n) is 11.7. The average Bonchev–Trinajstić information content (AvgIpc) is 3.74. The van der Waals surface area contributed by atoms with Gasteiger partial charge in [0.1, 0.15) is 0 Å². The highest BCUT2D eigenvalue weighted by Crippen LogP contribution is 2.12. The van der Waals surface area contributed by atoms with Crippen molar-refractivity contribution in [2.45, 2.75) is 39.3 Å². The quantitative estimate of drug-likeness (QED) is 0.0746. The normalized spacial score (nSPS) is 10.1. The first-order valence-electron chi connectivity index (χ1n) is 15.2. The Bertz CT molecular complexity index is 2090. The van der Waals surface area contributed by atoms with Crippen LogP contribution >= 0.6 is 34.8 Å². The molecule has 2 heterocycles. The summed E-state index contributed by atoms with van der Waals surface area (Å²) in [5.41, 5.74) is 2.90. The molecule has 0 saturated heterocycles. The number of ether oxygens (including phenoxy) is 1. The Hall–Kier alpha value is -5.19. The monoisotopic (exact) mass is 758 g/mol. The van der Waals surface area contributed by atoms with E-state index in [0.717, 1.165) is 17.2 Å². The van der Waals surface area contributed by atoms with Crippen LogP contribution in [0.4, 0.5) is 0 Å². The second kappa shape index (κ2) is 19.9. The fourth-order valence-electron chi connectivity index (χ4n) is 3.59. The highest BCUT2D eigenvalue weighted by atomic mass is 35.5. The van der Waals surface area contributed by atoms with Gasteiger partial charge in [0.2, 0.25) is 5.69 Å². The van der Waals surface area contributed by atoms with Crippen LogP contribution in [0.5, 0.6) is 0 Å². The number of hydrogen-bond acceptors (Lipinski definition) is 7. The molecule has 51 heavy (non-hydrogen) atoms. The molecule has 0 aliphatic rings. The van der Waals surface area contributed by atoms with Gasteiger partial charge in [-0.2, -0.15) is 10.0 Å². The number of H-pyrrole nitrogens is 1. The minimum Gasteiger partial charge on any atom is -0.476 e. The van der Waals surface area contributed by atoms with Gasteiger partial charge in [0, 0.05) is 53.4 Å². The van der Waals surface area contributed by atoms with Gasteiger partial charge in [-0.3, -0.25) is 4.79 Å². The predicted octanol–water partition coefficient (Wildman–Crippen LogP) is 7.72. The van der Waals surface area contributed by atoms with E-state index < -0.39 is 14.0 Å². The van der Waals surface area contributed by atoms with Crippen molar-refractivity contribution in [1.82, 2.24) is 30.4 Å². The van der Waals surface area contributed by atoms with E-state index in [1.54, 1.807) is 48.5 Å². The molecule has 0 aliphatic carbocycles. The van der Waals surface area contributed by atoms with Gasteiger partial charge in [0.15, 0.2) is 29.6 Å². The van der Waals surface area contributed by atoms with Crippen molar-refractivity contribution in [3.63, 3.8) is 0 Å². The smallest absolute Gasteiger partial charge is 0.359 e. The van der Waals surface area contributed by atoms with Crippen LogP contribution in [0.25, 0.3) is 0 Å². The Morgan fingerprint density at radius 1 is 0.765 bits per heavy atom. The van der Waals surface area contributed by atoms with Crippen molar-refractivity contribution in [2.24, 2.45) is 0 Å². The number of aromatic nitrogens is 6. The Balaban J connectivity index is 0.000000231. The number of carboxylic acids is 1. The molecule has 10 nitrogen and oxygen atoms in total. The SMILES string of the molecule is C#Cc1ccc(Cl)cc1.CC(=O)c1nn(COCC[Si](C)(C)C)nc1C#Cc1ccc(Cl)cc1.O=C(O)c1n[nH]nc1C#Cc1ccc(Cl)cc1. The van der Waals surface area contributed by atoms with Gasteiger partial charge in [0.05, 0.1) is 0 Å². The predicted molar refractivity (Wildman–Crippen MR) is 202 cm³/mol. The summed E-state index contributed by atoms with van der Waals surface area (Å²) in [4.78, 5) is 23.9. The van der Waals surface area contributed by atoms with E-state index in [2.05, 4.69) is 74.9 Å². The summed E-state index contributed by atoms with van der Waals surface area (Å²) in [7, 11) is -1.13. The maximum absolute atomic E-state index is 11.8. The van der Waals surface area contributed by atoms with E-state index in [4.69, 9.17) is 51.1 Å². The number of carboxylic acid groups (broad SMARTS) is 1. The van der Waals surface area contributed by atoms with Gasteiger partial charge in [-0.1, -0.05) is 72.2 Å². The topological polar surface area (TPSA) is 136 Å². The third kappa shape index (κ3) is 14.7. The van der Waals surface area contributed by atoms with Gasteiger partial charge in [-0.25, -0.2) is 4.79 Å². The van der Waals surface area contributed by atoms with E-state index in [1.165, 1.54) is 11.7 Å². The molecule has 14 heteroatoms. The van der Waals surface area contributed by atoms with Crippen molar-refractivity contribution >= 4 is 54.6 Å². The average molecular weight is 760 g/mol. The first-order chi connectivity index (χ1) is 24.2. The molecule has 0 atom stereocenters. The molecular formula is C37H33Cl3N6O4Si. The minimum atomic E-state index is -1.17. The van der Waals surface area contributed by atoms with Crippen LogP contribution in [0.3, 0.4) is 0 Å². The number of carbonyl (C=O) groups is 2. The van der Waals surface area contributed by atoms with Crippen molar-refractivity contribution in [1.29, 1.82) is 0 Å². The maximum Gasteiger partial charge on any atom is 0.359 e. The molecule has 2 N–H and O–H groups in total. The van der Waals surface area contributed by atoms with Gasteiger partial charge in [0.25, 0.3) is 0 Å². The summed E-state index contributed by atoms with van der Waals surface area (Å²) in [5.74, 6) is 12.4. The van der Waals surface area contributed by atoms with Crippen molar-refractivity contribution in [3.8, 4) is 36.0 Å². The largest absolute Gasteiger partial charge is 0.476 e. The van der Waals surface area contributed by atoms with Crippen LogP contribution in [0.15, 0.2) is 72.8 Å². The van der Waals surface area contributed by atoms with Gasteiger partial charge >= 0.3 is 5.97 Å². The van der Waals surface area contributed by atoms with Crippen LogP contribution in [-0.4, -0.2) is 61.9 Å². The molecule has 0 unspecified atom stereocenters. The summed E-state index contributed by atoms with van der Waals surface area (Å²) >= 11 is 17.2. The molecule has 0 aliphatic heterocycles. The number of carbonyl (C=O) groups excluding carboxylic acids is 1. The first-order valence-corrected chi connectivity index (χ1v) is 20.0. The Morgan fingerprint density at radius 3 is 1.71 bits per heavy atom. The highest BCUT2D eigenvalue weighted by molar-refractivity contribution is 6.76.